The lowest BCUT2D eigenvalue weighted by Crippen LogP contribution is -2.60. The van der Waals surface area contributed by atoms with Crippen LogP contribution in [0.15, 0.2) is 0 Å². The van der Waals surface area contributed by atoms with Gasteiger partial charge in [0.05, 0.1) is 30.5 Å². The van der Waals surface area contributed by atoms with Gasteiger partial charge in [-0.15, -0.1) is 0 Å². The summed E-state index contributed by atoms with van der Waals surface area (Å²) >= 11 is 0. The highest BCUT2D eigenvalue weighted by Gasteiger charge is 2.39. The summed E-state index contributed by atoms with van der Waals surface area (Å²) < 4.78 is 5.35. The molecule has 5 atom stereocenters. The molecule has 1 heterocycles. The Kier molecular flexibility index (Phi) is 3.06. The molecule has 0 aromatic carbocycles. The van der Waals surface area contributed by atoms with E-state index in [0.29, 0.717) is 6.42 Å². The molecule has 1 aliphatic heterocycles. The molecule has 0 aromatic rings. The molecule has 0 spiro atoms. The number of aliphatic hydroxyl groups excluding tert-OH is 2. The maximum absolute atomic E-state index is 9.52. The summed E-state index contributed by atoms with van der Waals surface area (Å²) in [6, 6.07) is -0.585. The normalized spacial score (nSPS) is 49.2. The minimum absolute atomic E-state index is 0.238. The van der Waals surface area contributed by atoms with E-state index in [4.69, 9.17) is 10.5 Å². The van der Waals surface area contributed by atoms with Crippen LogP contribution in [0.1, 0.15) is 20.3 Å². The summed E-state index contributed by atoms with van der Waals surface area (Å²) in [4.78, 5) is 0. The number of rotatable bonds is 1. The van der Waals surface area contributed by atoms with E-state index in [9.17, 15) is 10.2 Å². The largest absolute Gasteiger partial charge is 0.389 e. The van der Waals surface area contributed by atoms with Crippen LogP contribution in [0.2, 0.25) is 0 Å². The van der Waals surface area contributed by atoms with Crippen LogP contribution in [-0.2, 0) is 4.74 Å². The SMILES string of the molecule is CC[C@@H]1OC(C)[C@@H](O)C(N)C1O. The van der Waals surface area contributed by atoms with E-state index in [1.165, 1.54) is 0 Å². The molecule has 12 heavy (non-hydrogen) atoms. The Balaban J connectivity index is 2.63. The van der Waals surface area contributed by atoms with Crippen molar-refractivity contribution in [3.63, 3.8) is 0 Å². The summed E-state index contributed by atoms with van der Waals surface area (Å²) in [5, 5.41) is 18.9. The monoisotopic (exact) mass is 175 g/mol. The zero-order valence-corrected chi connectivity index (χ0v) is 7.47. The molecule has 0 amide bonds. The molecule has 0 radical (unpaired) electrons. The van der Waals surface area contributed by atoms with E-state index in [2.05, 4.69) is 0 Å². The summed E-state index contributed by atoms with van der Waals surface area (Å²) in [5.41, 5.74) is 5.60. The molecule has 0 saturated carbocycles. The first-order chi connectivity index (χ1) is 5.57. The highest BCUT2D eigenvalue weighted by atomic mass is 16.5. The number of aliphatic hydroxyl groups is 2. The smallest absolute Gasteiger partial charge is 0.0978 e. The molecule has 4 N–H and O–H groups in total. The lowest BCUT2D eigenvalue weighted by atomic mass is 9.93. The highest BCUT2D eigenvalue weighted by Crippen LogP contribution is 2.21. The zero-order chi connectivity index (χ0) is 9.30. The van der Waals surface area contributed by atoms with Gasteiger partial charge in [-0.3, -0.25) is 0 Å². The second kappa shape index (κ2) is 3.70. The quantitative estimate of drug-likeness (QED) is 0.489. The van der Waals surface area contributed by atoms with Crippen molar-refractivity contribution < 1.29 is 14.9 Å². The number of ether oxygens (including phenoxy) is 1. The Bertz CT molecular complexity index is 148. The van der Waals surface area contributed by atoms with Crippen LogP contribution in [0.25, 0.3) is 0 Å². The molecule has 3 unspecified atom stereocenters. The van der Waals surface area contributed by atoms with Crippen molar-refractivity contribution in [3.05, 3.63) is 0 Å². The fraction of sp³-hybridized carbons (Fsp3) is 1.00. The maximum Gasteiger partial charge on any atom is 0.0978 e. The molecular weight excluding hydrogens is 158 g/mol. The number of hydrogen-bond donors (Lipinski definition) is 3. The van der Waals surface area contributed by atoms with Crippen LogP contribution in [-0.4, -0.2) is 40.7 Å². The predicted molar refractivity (Wildman–Crippen MR) is 44.6 cm³/mol. The first-order valence-electron chi connectivity index (χ1n) is 4.35. The Hall–Kier alpha value is -0.160. The van der Waals surface area contributed by atoms with Crippen molar-refractivity contribution in [2.45, 2.75) is 50.7 Å². The van der Waals surface area contributed by atoms with Gasteiger partial charge in [0, 0.05) is 0 Å². The molecule has 1 saturated heterocycles. The predicted octanol–water partition coefficient (Wildman–Crippen LogP) is -0.767. The van der Waals surface area contributed by atoms with Gasteiger partial charge in [-0.2, -0.15) is 0 Å². The van der Waals surface area contributed by atoms with Gasteiger partial charge in [-0.25, -0.2) is 0 Å². The molecule has 4 heteroatoms. The summed E-state index contributed by atoms with van der Waals surface area (Å²) in [7, 11) is 0. The Morgan fingerprint density at radius 1 is 1.33 bits per heavy atom. The van der Waals surface area contributed by atoms with Crippen LogP contribution in [0, 0.1) is 0 Å². The fourth-order valence-corrected chi connectivity index (χ4v) is 1.54. The van der Waals surface area contributed by atoms with Gasteiger partial charge >= 0.3 is 0 Å². The topological polar surface area (TPSA) is 75.7 Å². The van der Waals surface area contributed by atoms with E-state index in [1.54, 1.807) is 6.92 Å². The van der Waals surface area contributed by atoms with Crippen molar-refractivity contribution in [2.24, 2.45) is 5.73 Å². The van der Waals surface area contributed by atoms with Crippen LogP contribution >= 0.6 is 0 Å². The molecule has 4 nitrogen and oxygen atoms in total. The van der Waals surface area contributed by atoms with Crippen LogP contribution in [0.3, 0.4) is 0 Å². The molecule has 0 aromatic heterocycles. The second-order valence-electron chi connectivity index (χ2n) is 3.35. The van der Waals surface area contributed by atoms with Crippen LogP contribution in [0.4, 0.5) is 0 Å². The first kappa shape index (κ1) is 9.92. The second-order valence-corrected chi connectivity index (χ2v) is 3.35. The number of nitrogens with two attached hydrogens (primary N) is 1. The van der Waals surface area contributed by atoms with Crippen molar-refractivity contribution in [2.75, 3.05) is 0 Å². The van der Waals surface area contributed by atoms with E-state index in [-0.39, 0.29) is 12.2 Å². The Labute approximate surface area is 72.3 Å². The average Bonchev–Trinajstić information content (AvgIpc) is 2.08. The van der Waals surface area contributed by atoms with Crippen molar-refractivity contribution in [1.82, 2.24) is 0 Å². The summed E-state index contributed by atoms with van der Waals surface area (Å²) in [6.45, 7) is 3.68. The molecule has 1 fully saturated rings. The van der Waals surface area contributed by atoms with Crippen LogP contribution < -0.4 is 5.73 Å². The van der Waals surface area contributed by atoms with Gasteiger partial charge < -0.3 is 20.7 Å². The molecule has 0 bridgehead atoms. The minimum atomic E-state index is -0.761. The zero-order valence-electron chi connectivity index (χ0n) is 7.47. The molecule has 1 aliphatic rings. The minimum Gasteiger partial charge on any atom is -0.389 e. The standard InChI is InChI=1S/C8H17NO3/c1-3-5-8(11)6(9)7(10)4(2)12-5/h4-8,10-11H,3,9H2,1-2H3/t4?,5-,6?,7+,8?/m0/s1. The third kappa shape index (κ3) is 1.61. The van der Waals surface area contributed by atoms with Gasteiger partial charge in [0.1, 0.15) is 0 Å². The fourth-order valence-electron chi connectivity index (χ4n) is 1.54. The Morgan fingerprint density at radius 2 is 1.92 bits per heavy atom. The third-order valence-electron chi connectivity index (χ3n) is 2.44. The molecule has 72 valence electrons. The van der Waals surface area contributed by atoms with Gasteiger partial charge in [-0.1, -0.05) is 6.92 Å². The average molecular weight is 175 g/mol. The first-order valence-corrected chi connectivity index (χ1v) is 4.35. The van der Waals surface area contributed by atoms with Gasteiger partial charge in [-0.05, 0) is 13.3 Å². The van der Waals surface area contributed by atoms with Crippen LogP contribution in [0.5, 0.6) is 0 Å². The van der Waals surface area contributed by atoms with Gasteiger partial charge in [0.25, 0.3) is 0 Å². The van der Waals surface area contributed by atoms with Gasteiger partial charge in [0.15, 0.2) is 0 Å². The van der Waals surface area contributed by atoms with Gasteiger partial charge in [0.2, 0.25) is 0 Å². The Morgan fingerprint density at radius 3 is 2.42 bits per heavy atom. The molecule has 1 rings (SSSR count). The lowest BCUT2D eigenvalue weighted by molar-refractivity contribution is -0.172. The van der Waals surface area contributed by atoms with Crippen molar-refractivity contribution >= 4 is 0 Å². The van der Waals surface area contributed by atoms with E-state index < -0.39 is 18.2 Å². The van der Waals surface area contributed by atoms with E-state index >= 15 is 0 Å². The van der Waals surface area contributed by atoms with Crippen molar-refractivity contribution in [3.8, 4) is 0 Å². The maximum atomic E-state index is 9.52. The van der Waals surface area contributed by atoms with E-state index in [1.807, 2.05) is 6.92 Å². The number of hydrogen-bond acceptors (Lipinski definition) is 4. The lowest BCUT2D eigenvalue weighted by Gasteiger charge is -2.39. The summed E-state index contributed by atoms with van der Waals surface area (Å²) in [5.74, 6) is 0. The summed E-state index contributed by atoms with van der Waals surface area (Å²) in [6.07, 6.45) is -1.32. The van der Waals surface area contributed by atoms with E-state index in [0.717, 1.165) is 0 Å². The van der Waals surface area contributed by atoms with Crippen molar-refractivity contribution in [1.29, 1.82) is 0 Å². The molecule has 0 aliphatic carbocycles. The highest BCUT2D eigenvalue weighted by molar-refractivity contribution is 4.92. The third-order valence-corrected chi connectivity index (χ3v) is 2.44. The molecular formula is C8H17NO3.